The van der Waals surface area contributed by atoms with Crippen molar-refractivity contribution in [3.8, 4) is 11.5 Å². The molecule has 29 heavy (non-hydrogen) atoms. The van der Waals surface area contributed by atoms with Gasteiger partial charge in [-0.3, -0.25) is 4.79 Å². The van der Waals surface area contributed by atoms with E-state index < -0.39 is 24.1 Å². The molecule has 0 saturated carbocycles. The highest BCUT2D eigenvalue weighted by atomic mass is 16.5. The molecule has 1 aliphatic heterocycles. The van der Waals surface area contributed by atoms with Gasteiger partial charge >= 0.3 is 12.0 Å². The van der Waals surface area contributed by atoms with Gasteiger partial charge in [0.2, 0.25) is 5.91 Å². The highest BCUT2D eigenvalue weighted by molar-refractivity contribution is 5.85. The van der Waals surface area contributed by atoms with Crippen LogP contribution in [0.3, 0.4) is 0 Å². The van der Waals surface area contributed by atoms with Crippen molar-refractivity contribution in [2.24, 2.45) is 5.73 Å². The summed E-state index contributed by atoms with van der Waals surface area (Å²) in [7, 11) is 0. The van der Waals surface area contributed by atoms with E-state index in [4.69, 9.17) is 10.5 Å². The number of nitrogens with one attached hydrogen (secondary N) is 1. The maximum atomic E-state index is 12.7. The predicted octanol–water partition coefficient (Wildman–Crippen LogP) is 2.65. The van der Waals surface area contributed by atoms with Gasteiger partial charge in [-0.1, -0.05) is 30.3 Å². The van der Waals surface area contributed by atoms with Crippen LogP contribution in [0, 0.1) is 0 Å². The smallest absolute Gasteiger partial charge is 0.326 e. The standard InChI is InChI=1S/C21H23N3O5/c22-21(28)23-17(13-19(25)24-11-5-10-18(24)20(26)27)14-6-4-9-16(12-14)29-15-7-2-1-3-8-15/h1-4,6-9,12,17-18H,5,10-11,13H2,(H,26,27)(H3,22,23,28)/t17-,18-/m1/s1. The largest absolute Gasteiger partial charge is 0.480 e. The van der Waals surface area contributed by atoms with E-state index in [1.807, 2.05) is 30.3 Å². The third-order valence-corrected chi connectivity index (χ3v) is 4.79. The van der Waals surface area contributed by atoms with Gasteiger partial charge in [0.15, 0.2) is 0 Å². The summed E-state index contributed by atoms with van der Waals surface area (Å²) in [4.78, 5) is 37.0. The highest BCUT2D eigenvalue weighted by Gasteiger charge is 2.35. The molecule has 0 bridgehead atoms. The molecule has 8 nitrogen and oxygen atoms in total. The van der Waals surface area contributed by atoms with E-state index in [2.05, 4.69) is 5.32 Å². The first kappa shape index (κ1) is 20.2. The molecule has 152 valence electrons. The van der Waals surface area contributed by atoms with Crippen LogP contribution in [0.15, 0.2) is 54.6 Å². The molecule has 4 N–H and O–H groups in total. The second kappa shape index (κ2) is 9.09. The molecule has 1 saturated heterocycles. The summed E-state index contributed by atoms with van der Waals surface area (Å²) in [5.41, 5.74) is 5.93. The SMILES string of the molecule is NC(=O)N[C@H](CC(=O)N1CCC[C@@H]1C(=O)O)c1cccc(Oc2ccccc2)c1. The molecule has 1 fully saturated rings. The van der Waals surface area contributed by atoms with Gasteiger partial charge in [-0.2, -0.15) is 0 Å². The molecule has 0 unspecified atom stereocenters. The lowest BCUT2D eigenvalue weighted by Gasteiger charge is -2.25. The topological polar surface area (TPSA) is 122 Å². The Kier molecular flexibility index (Phi) is 6.33. The Morgan fingerprint density at radius 2 is 1.86 bits per heavy atom. The van der Waals surface area contributed by atoms with Gasteiger partial charge in [0.1, 0.15) is 17.5 Å². The molecule has 0 aliphatic carbocycles. The van der Waals surface area contributed by atoms with Crippen LogP contribution in [0.5, 0.6) is 11.5 Å². The Bertz CT molecular complexity index is 887. The van der Waals surface area contributed by atoms with Crippen LogP contribution in [0.4, 0.5) is 4.79 Å². The molecule has 0 aromatic heterocycles. The maximum Gasteiger partial charge on any atom is 0.326 e. The molecule has 2 aromatic rings. The summed E-state index contributed by atoms with van der Waals surface area (Å²) < 4.78 is 5.81. The molecule has 0 spiro atoms. The van der Waals surface area contributed by atoms with E-state index in [1.54, 1.807) is 24.3 Å². The first-order chi connectivity index (χ1) is 13.9. The first-order valence-corrected chi connectivity index (χ1v) is 9.35. The number of urea groups is 1. The lowest BCUT2D eigenvalue weighted by Crippen LogP contribution is -2.43. The molecule has 3 amide bonds. The van der Waals surface area contributed by atoms with Crippen LogP contribution in [-0.4, -0.2) is 40.5 Å². The number of ether oxygens (including phenoxy) is 1. The Labute approximate surface area is 168 Å². The van der Waals surface area contributed by atoms with Gasteiger partial charge in [-0.05, 0) is 42.7 Å². The number of carbonyl (C=O) groups excluding carboxylic acids is 2. The van der Waals surface area contributed by atoms with E-state index in [1.165, 1.54) is 4.90 Å². The summed E-state index contributed by atoms with van der Waals surface area (Å²) in [6.45, 7) is 0.385. The van der Waals surface area contributed by atoms with E-state index in [9.17, 15) is 19.5 Å². The Morgan fingerprint density at radius 3 is 2.55 bits per heavy atom. The summed E-state index contributed by atoms with van der Waals surface area (Å²) >= 11 is 0. The van der Waals surface area contributed by atoms with Crippen LogP contribution >= 0.6 is 0 Å². The minimum Gasteiger partial charge on any atom is -0.480 e. The van der Waals surface area contributed by atoms with Crippen LogP contribution in [0.1, 0.15) is 30.9 Å². The third-order valence-electron chi connectivity index (χ3n) is 4.79. The van der Waals surface area contributed by atoms with Crippen molar-refractivity contribution in [3.63, 3.8) is 0 Å². The van der Waals surface area contributed by atoms with E-state index in [0.29, 0.717) is 36.4 Å². The zero-order valence-electron chi connectivity index (χ0n) is 15.8. The summed E-state index contributed by atoms with van der Waals surface area (Å²) in [5.74, 6) is -0.167. The number of primary amides is 1. The van der Waals surface area contributed by atoms with Gasteiger partial charge in [0.25, 0.3) is 0 Å². The molecule has 2 aromatic carbocycles. The van der Waals surface area contributed by atoms with Crippen molar-refractivity contribution in [2.75, 3.05) is 6.54 Å². The number of benzene rings is 2. The van der Waals surface area contributed by atoms with E-state index in [0.717, 1.165) is 0 Å². The quantitative estimate of drug-likeness (QED) is 0.663. The molecular weight excluding hydrogens is 374 g/mol. The number of rotatable bonds is 7. The second-order valence-corrected chi connectivity index (χ2v) is 6.84. The first-order valence-electron chi connectivity index (χ1n) is 9.35. The number of likely N-dealkylation sites (tertiary alicyclic amines) is 1. The molecule has 0 radical (unpaired) electrons. The van der Waals surface area contributed by atoms with Crippen molar-refractivity contribution in [2.45, 2.75) is 31.3 Å². The number of carboxylic acid groups (broad SMARTS) is 1. The predicted molar refractivity (Wildman–Crippen MR) is 105 cm³/mol. The van der Waals surface area contributed by atoms with E-state index in [-0.39, 0.29) is 12.3 Å². The number of amides is 3. The summed E-state index contributed by atoms with van der Waals surface area (Å²) in [6, 6.07) is 13.9. The monoisotopic (exact) mass is 397 g/mol. The lowest BCUT2D eigenvalue weighted by atomic mass is 10.0. The van der Waals surface area contributed by atoms with Gasteiger partial charge in [0, 0.05) is 6.54 Å². The third kappa shape index (κ3) is 5.25. The summed E-state index contributed by atoms with van der Waals surface area (Å²) in [6.07, 6.45) is 0.966. The number of hydrogen-bond donors (Lipinski definition) is 3. The fraction of sp³-hybridized carbons (Fsp3) is 0.286. The average Bonchev–Trinajstić information content (AvgIpc) is 3.18. The Morgan fingerprint density at radius 1 is 1.14 bits per heavy atom. The molecule has 2 atom stereocenters. The average molecular weight is 397 g/mol. The van der Waals surface area contributed by atoms with E-state index >= 15 is 0 Å². The minimum absolute atomic E-state index is 0.0957. The minimum atomic E-state index is -1.02. The fourth-order valence-corrected chi connectivity index (χ4v) is 3.46. The number of nitrogens with two attached hydrogens (primary N) is 1. The number of aliphatic carboxylic acids is 1. The molecule has 1 aliphatic rings. The number of carboxylic acids is 1. The van der Waals surface area contributed by atoms with Crippen LogP contribution < -0.4 is 15.8 Å². The number of nitrogens with zero attached hydrogens (tertiary/aromatic N) is 1. The zero-order valence-corrected chi connectivity index (χ0v) is 15.8. The lowest BCUT2D eigenvalue weighted by molar-refractivity contribution is -0.148. The van der Waals surface area contributed by atoms with Crippen molar-refractivity contribution in [3.05, 3.63) is 60.2 Å². The molecule has 8 heteroatoms. The summed E-state index contributed by atoms with van der Waals surface area (Å²) in [5, 5.41) is 11.9. The van der Waals surface area contributed by atoms with Gasteiger partial charge in [0.05, 0.1) is 12.5 Å². The van der Waals surface area contributed by atoms with Crippen molar-refractivity contribution in [1.29, 1.82) is 0 Å². The van der Waals surface area contributed by atoms with Crippen molar-refractivity contribution in [1.82, 2.24) is 10.2 Å². The van der Waals surface area contributed by atoms with Crippen LogP contribution in [0.25, 0.3) is 0 Å². The van der Waals surface area contributed by atoms with Gasteiger partial charge in [-0.15, -0.1) is 0 Å². The Hall–Kier alpha value is -3.55. The number of hydrogen-bond acceptors (Lipinski definition) is 4. The van der Waals surface area contributed by atoms with Crippen LogP contribution in [-0.2, 0) is 9.59 Å². The van der Waals surface area contributed by atoms with Crippen molar-refractivity contribution < 1.29 is 24.2 Å². The van der Waals surface area contributed by atoms with Gasteiger partial charge < -0.3 is 25.8 Å². The number of carbonyl (C=O) groups is 3. The van der Waals surface area contributed by atoms with Crippen molar-refractivity contribution >= 4 is 17.9 Å². The normalized spacial score (nSPS) is 16.8. The molecule has 1 heterocycles. The highest BCUT2D eigenvalue weighted by Crippen LogP contribution is 2.27. The van der Waals surface area contributed by atoms with Gasteiger partial charge in [-0.25, -0.2) is 9.59 Å². The molecule has 3 rings (SSSR count). The second-order valence-electron chi connectivity index (χ2n) is 6.84. The maximum absolute atomic E-state index is 12.7. The zero-order chi connectivity index (χ0) is 20.8. The molecular formula is C21H23N3O5. The Balaban J connectivity index is 1.78. The number of para-hydroxylation sites is 1. The fourth-order valence-electron chi connectivity index (χ4n) is 3.46. The van der Waals surface area contributed by atoms with Crippen LogP contribution in [0.2, 0.25) is 0 Å².